The monoisotopic (exact) mass is 514 g/mol. The molecule has 0 atom stereocenters. The predicted octanol–water partition coefficient (Wildman–Crippen LogP) is 9.46. The highest BCUT2D eigenvalue weighted by atomic mass is 19.4. The third-order valence-electron chi connectivity index (χ3n) is 7.07. The Labute approximate surface area is 215 Å². The number of unbranched alkanes of at least 4 members (excludes halogenated alkanes) is 2. The maximum Gasteiger partial charge on any atom is 0.422 e. The van der Waals surface area contributed by atoms with Gasteiger partial charge in [-0.25, -0.2) is 8.78 Å². The molecule has 4 rings (SSSR count). The average Bonchev–Trinajstić information content (AvgIpc) is 2.87. The summed E-state index contributed by atoms with van der Waals surface area (Å²) in [6.45, 7) is 0.474. The zero-order valence-electron chi connectivity index (χ0n) is 20.9. The molecule has 1 nitrogen and oxygen atoms in total. The van der Waals surface area contributed by atoms with Gasteiger partial charge in [-0.3, -0.25) is 0 Å². The van der Waals surface area contributed by atoms with Gasteiger partial charge >= 0.3 is 6.18 Å². The molecule has 0 N–H and O–H groups in total. The Morgan fingerprint density at radius 2 is 1.59 bits per heavy atom. The first-order valence-corrected chi connectivity index (χ1v) is 13.0. The summed E-state index contributed by atoms with van der Waals surface area (Å²) >= 11 is 0. The molecular weight excluding hydrogens is 483 g/mol. The van der Waals surface area contributed by atoms with E-state index in [1.165, 1.54) is 44.6 Å². The Kier molecular flexibility index (Phi) is 8.74. The van der Waals surface area contributed by atoms with Crippen molar-refractivity contribution < 1.29 is 26.7 Å². The summed E-state index contributed by atoms with van der Waals surface area (Å²) in [6, 6.07) is 13.3. The first kappa shape index (κ1) is 27.0. The highest BCUT2D eigenvalue weighted by Crippen LogP contribution is 2.34. The summed E-state index contributed by atoms with van der Waals surface area (Å²) in [6.07, 6.45) is 5.43. The second kappa shape index (κ2) is 12.0. The van der Waals surface area contributed by atoms with Crippen molar-refractivity contribution in [3.05, 3.63) is 65.7 Å². The van der Waals surface area contributed by atoms with Crippen LogP contribution in [0.5, 0.6) is 5.75 Å². The number of benzene rings is 3. The summed E-state index contributed by atoms with van der Waals surface area (Å²) in [5.41, 5.74) is 2.49. The molecular formula is C31H31F5O. The lowest BCUT2D eigenvalue weighted by Gasteiger charge is -2.25. The number of rotatable bonds is 7. The maximum atomic E-state index is 14.7. The van der Waals surface area contributed by atoms with Crippen LogP contribution in [-0.4, -0.2) is 12.8 Å². The van der Waals surface area contributed by atoms with Gasteiger partial charge < -0.3 is 4.74 Å². The summed E-state index contributed by atoms with van der Waals surface area (Å²) in [5, 5.41) is 0.228. The molecule has 1 aliphatic carbocycles. The molecule has 3 aromatic carbocycles. The fourth-order valence-corrected chi connectivity index (χ4v) is 4.99. The molecule has 0 radical (unpaired) electrons. The molecule has 6 heteroatoms. The quantitative estimate of drug-likeness (QED) is 0.173. The number of halogens is 5. The van der Waals surface area contributed by atoms with Gasteiger partial charge in [-0.05, 0) is 72.4 Å². The Bertz CT molecular complexity index is 1260. The van der Waals surface area contributed by atoms with Crippen molar-refractivity contribution in [2.24, 2.45) is 11.8 Å². The Morgan fingerprint density at radius 1 is 0.892 bits per heavy atom. The van der Waals surface area contributed by atoms with E-state index in [1.54, 1.807) is 12.1 Å². The lowest BCUT2D eigenvalue weighted by Crippen LogP contribution is -2.20. The van der Waals surface area contributed by atoms with Crippen LogP contribution < -0.4 is 4.74 Å². The summed E-state index contributed by atoms with van der Waals surface area (Å²) in [7, 11) is 0. The minimum atomic E-state index is -4.69. The van der Waals surface area contributed by atoms with Gasteiger partial charge in [0.25, 0.3) is 0 Å². The highest BCUT2D eigenvalue weighted by molar-refractivity contribution is 5.89. The average molecular weight is 515 g/mol. The third kappa shape index (κ3) is 7.25. The van der Waals surface area contributed by atoms with E-state index in [1.807, 2.05) is 24.3 Å². The zero-order chi connectivity index (χ0) is 26.4. The molecule has 1 fully saturated rings. The van der Waals surface area contributed by atoms with Crippen molar-refractivity contribution in [3.8, 4) is 28.7 Å². The zero-order valence-corrected chi connectivity index (χ0v) is 20.9. The summed E-state index contributed by atoms with van der Waals surface area (Å²) in [4.78, 5) is 0. The van der Waals surface area contributed by atoms with Gasteiger partial charge in [-0.2, -0.15) is 13.2 Å². The van der Waals surface area contributed by atoms with E-state index >= 15 is 0 Å². The lowest BCUT2D eigenvalue weighted by atomic mass is 9.80. The molecule has 0 bridgehead atoms. The molecule has 0 aliphatic heterocycles. The molecule has 0 unspecified atom stereocenters. The van der Waals surface area contributed by atoms with E-state index in [-0.39, 0.29) is 10.8 Å². The predicted molar refractivity (Wildman–Crippen MR) is 137 cm³/mol. The number of alkyl halides is 3. The van der Waals surface area contributed by atoms with Crippen LogP contribution in [0.15, 0.2) is 48.5 Å². The minimum Gasteiger partial charge on any atom is -0.478 e. The number of hydrogen-bond donors (Lipinski definition) is 0. The van der Waals surface area contributed by atoms with Crippen molar-refractivity contribution in [2.75, 3.05) is 6.61 Å². The summed E-state index contributed by atoms with van der Waals surface area (Å²) < 4.78 is 70.6. The van der Waals surface area contributed by atoms with Gasteiger partial charge in [0.2, 0.25) is 0 Å². The minimum absolute atomic E-state index is 0.00936. The van der Waals surface area contributed by atoms with Gasteiger partial charge in [-0.15, -0.1) is 0 Å². The third-order valence-corrected chi connectivity index (χ3v) is 7.07. The summed E-state index contributed by atoms with van der Waals surface area (Å²) in [5.74, 6) is 4.67. The Morgan fingerprint density at radius 3 is 2.27 bits per heavy atom. The van der Waals surface area contributed by atoms with Gasteiger partial charge in [0.05, 0.1) is 0 Å². The molecule has 196 valence electrons. The standard InChI is InChI=1S/C31H31F5O/c1-2-3-4-5-21-6-8-22(9-7-21)10-11-23-12-14-24(15-13-23)25-16-17-27-26(18-25)19-28(32)30(29(27)33)37-20-31(34,35)36/h12-19,21-22H,2-9,20H2,1H3. The Balaban J connectivity index is 1.42. The van der Waals surface area contributed by atoms with Crippen molar-refractivity contribution in [1.29, 1.82) is 0 Å². The second-order valence-corrected chi connectivity index (χ2v) is 9.90. The van der Waals surface area contributed by atoms with Gasteiger partial charge in [0.15, 0.2) is 24.0 Å². The fraction of sp³-hybridized carbons (Fsp3) is 0.419. The van der Waals surface area contributed by atoms with E-state index in [0.717, 1.165) is 41.5 Å². The second-order valence-electron chi connectivity index (χ2n) is 9.90. The topological polar surface area (TPSA) is 9.23 Å². The van der Waals surface area contributed by atoms with Crippen molar-refractivity contribution in [2.45, 2.75) is 64.5 Å². The van der Waals surface area contributed by atoms with Crippen molar-refractivity contribution in [3.63, 3.8) is 0 Å². The van der Waals surface area contributed by atoms with Crippen LogP contribution >= 0.6 is 0 Å². The van der Waals surface area contributed by atoms with E-state index in [0.29, 0.717) is 5.92 Å². The van der Waals surface area contributed by atoms with Crippen LogP contribution in [-0.2, 0) is 0 Å². The number of hydrogen-bond acceptors (Lipinski definition) is 1. The first-order valence-electron chi connectivity index (χ1n) is 13.0. The largest absolute Gasteiger partial charge is 0.478 e. The highest BCUT2D eigenvalue weighted by Gasteiger charge is 2.30. The molecule has 0 amide bonds. The number of ether oxygens (including phenoxy) is 1. The van der Waals surface area contributed by atoms with Gasteiger partial charge in [0, 0.05) is 16.9 Å². The smallest absolute Gasteiger partial charge is 0.422 e. The van der Waals surface area contributed by atoms with E-state index < -0.39 is 30.2 Å². The number of fused-ring (bicyclic) bond motifs is 1. The van der Waals surface area contributed by atoms with Crippen LogP contribution in [0.3, 0.4) is 0 Å². The molecule has 3 aromatic rings. The maximum absolute atomic E-state index is 14.7. The van der Waals surface area contributed by atoms with Crippen LogP contribution in [0.2, 0.25) is 0 Å². The van der Waals surface area contributed by atoms with Crippen LogP contribution in [0.25, 0.3) is 21.9 Å². The van der Waals surface area contributed by atoms with Crippen molar-refractivity contribution >= 4 is 10.8 Å². The van der Waals surface area contributed by atoms with Crippen LogP contribution in [0.4, 0.5) is 22.0 Å². The van der Waals surface area contributed by atoms with Crippen molar-refractivity contribution in [1.82, 2.24) is 0 Å². The molecule has 0 spiro atoms. The molecule has 1 aliphatic rings. The molecule has 0 saturated heterocycles. The molecule has 1 saturated carbocycles. The Hall–Kier alpha value is -3.07. The van der Waals surface area contributed by atoms with Crippen LogP contribution in [0.1, 0.15) is 63.9 Å². The van der Waals surface area contributed by atoms with Gasteiger partial charge in [-0.1, -0.05) is 68.7 Å². The van der Waals surface area contributed by atoms with E-state index in [2.05, 4.69) is 23.5 Å². The molecule has 37 heavy (non-hydrogen) atoms. The van der Waals surface area contributed by atoms with Crippen LogP contribution in [0, 0.1) is 35.3 Å². The SMILES string of the molecule is CCCCCC1CCC(C#Cc2ccc(-c3ccc4c(F)c(OCC(F)(F)F)c(F)cc4c3)cc2)CC1. The molecule has 0 heterocycles. The fourth-order valence-electron chi connectivity index (χ4n) is 4.99. The lowest BCUT2D eigenvalue weighted by molar-refractivity contribution is -0.154. The molecule has 0 aromatic heterocycles. The van der Waals surface area contributed by atoms with E-state index in [9.17, 15) is 22.0 Å². The van der Waals surface area contributed by atoms with E-state index in [4.69, 9.17) is 0 Å². The normalized spacial score (nSPS) is 17.9. The first-order chi connectivity index (χ1) is 17.7. The van der Waals surface area contributed by atoms with Gasteiger partial charge in [0.1, 0.15) is 0 Å².